The lowest BCUT2D eigenvalue weighted by Crippen LogP contribution is -2.12. The van der Waals surface area contributed by atoms with Crippen LogP contribution < -0.4 is 5.32 Å². The summed E-state index contributed by atoms with van der Waals surface area (Å²) in [6, 6.07) is 53.8. The van der Waals surface area contributed by atoms with Crippen LogP contribution in [0, 0.1) is 0 Å². The average molecular weight is 664 g/mol. The van der Waals surface area contributed by atoms with Gasteiger partial charge in [-0.25, -0.2) is 4.98 Å². The maximum Gasteiger partial charge on any atom is 0.0730 e. The first-order valence-corrected chi connectivity index (χ1v) is 17.7. The number of hydrogen-bond donors (Lipinski definition) is 1. The number of rotatable bonds is 7. The van der Waals surface area contributed by atoms with Crippen molar-refractivity contribution in [3.05, 3.63) is 169 Å². The van der Waals surface area contributed by atoms with Gasteiger partial charge in [0, 0.05) is 34.3 Å². The van der Waals surface area contributed by atoms with Crippen molar-refractivity contribution in [1.29, 1.82) is 0 Å². The predicted molar refractivity (Wildman–Crippen MR) is 216 cm³/mol. The van der Waals surface area contributed by atoms with E-state index in [2.05, 4.69) is 192 Å². The maximum absolute atomic E-state index is 5.36. The van der Waals surface area contributed by atoms with Crippen LogP contribution >= 0.6 is 0 Å². The molecule has 5 aromatic carbocycles. The summed E-state index contributed by atoms with van der Waals surface area (Å²) in [4.78, 5) is 10.2. The average Bonchev–Trinajstić information content (AvgIpc) is 3.15. The van der Waals surface area contributed by atoms with Crippen molar-refractivity contribution in [3.8, 4) is 56.0 Å². The molecule has 3 heteroatoms. The summed E-state index contributed by atoms with van der Waals surface area (Å²) < 4.78 is 0. The van der Waals surface area contributed by atoms with Crippen LogP contribution in [0.4, 0.5) is 11.4 Å². The summed E-state index contributed by atoms with van der Waals surface area (Å²) in [7, 11) is 0. The predicted octanol–water partition coefficient (Wildman–Crippen LogP) is 13.2. The Labute approximate surface area is 303 Å². The fourth-order valence-corrected chi connectivity index (χ4v) is 6.41. The maximum atomic E-state index is 5.36. The third-order valence-corrected chi connectivity index (χ3v) is 9.44. The number of pyridine rings is 2. The highest BCUT2D eigenvalue weighted by Crippen LogP contribution is 2.37. The molecule has 2 heterocycles. The molecule has 0 aliphatic heterocycles. The molecule has 51 heavy (non-hydrogen) atoms. The van der Waals surface area contributed by atoms with Crippen molar-refractivity contribution in [2.75, 3.05) is 5.32 Å². The van der Waals surface area contributed by atoms with E-state index < -0.39 is 0 Å². The van der Waals surface area contributed by atoms with Gasteiger partial charge in [0.15, 0.2) is 0 Å². The van der Waals surface area contributed by atoms with Crippen LogP contribution in [-0.2, 0) is 10.8 Å². The molecule has 3 nitrogen and oxygen atoms in total. The normalized spacial score (nSPS) is 11.7. The first-order chi connectivity index (χ1) is 24.5. The first-order valence-electron chi connectivity index (χ1n) is 17.7. The van der Waals surface area contributed by atoms with E-state index >= 15 is 0 Å². The summed E-state index contributed by atoms with van der Waals surface area (Å²) in [6.45, 7) is 13.5. The van der Waals surface area contributed by atoms with Crippen LogP contribution in [0.3, 0.4) is 0 Å². The summed E-state index contributed by atoms with van der Waals surface area (Å²) in [5.41, 5.74) is 15.2. The molecular weight excluding hydrogens is 619 g/mol. The second-order valence-corrected chi connectivity index (χ2v) is 15.3. The highest BCUT2D eigenvalue weighted by atomic mass is 14.9. The molecule has 2 aromatic heterocycles. The zero-order valence-corrected chi connectivity index (χ0v) is 30.4. The quantitative estimate of drug-likeness (QED) is 0.184. The van der Waals surface area contributed by atoms with E-state index in [9.17, 15) is 0 Å². The van der Waals surface area contributed by atoms with Crippen LogP contribution in [0.5, 0.6) is 0 Å². The Kier molecular flexibility index (Phi) is 9.14. The fraction of sp³-hybridized carbons (Fsp3) is 0.167. The minimum atomic E-state index is -0.0144. The van der Waals surface area contributed by atoms with Crippen molar-refractivity contribution >= 4 is 11.4 Å². The van der Waals surface area contributed by atoms with Crippen LogP contribution in [0.15, 0.2) is 158 Å². The molecule has 0 aliphatic rings. The van der Waals surface area contributed by atoms with Crippen molar-refractivity contribution < 1.29 is 0 Å². The van der Waals surface area contributed by atoms with Crippen molar-refractivity contribution in [2.24, 2.45) is 0 Å². The highest BCUT2D eigenvalue weighted by Gasteiger charge is 2.19. The Morgan fingerprint density at radius 3 is 1.63 bits per heavy atom. The Morgan fingerprint density at radius 1 is 0.412 bits per heavy atom. The second kappa shape index (κ2) is 13.8. The fourth-order valence-electron chi connectivity index (χ4n) is 6.41. The van der Waals surface area contributed by atoms with Crippen LogP contribution in [0.25, 0.3) is 56.0 Å². The summed E-state index contributed by atoms with van der Waals surface area (Å²) in [5, 5.41) is 3.72. The van der Waals surface area contributed by atoms with Crippen molar-refractivity contribution in [3.63, 3.8) is 0 Å². The molecule has 7 rings (SSSR count). The van der Waals surface area contributed by atoms with E-state index in [1.54, 1.807) is 0 Å². The van der Waals surface area contributed by atoms with E-state index in [0.29, 0.717) is 0 Å². The van der Waals surface area contributed by atoms with Crippen molar-refractivity contribution in [1.82, 2.24) is 9.97 Å². The number of nitrogens with zero attached hydrogens (tertiary/aromatic N) is 2. The van der Waals surface area contributed by atoms with Gasteiger partial charge in [0.25, 0.3) is 0 Å². The van der Waals surface area contributed by atoms with Gasteiger partial charge < -0.3 is 5.32 Å². The lowest BCUT2D eigenvalue weighted by Gasteiger charge is -2.22. The molecule has 0 saturated heterocycles. The number of anilines is 2. The van der Waals surface area contributed by atoms with Gasteiger partial charge in [0.2, 0.25) is 0 Å². The molecule has 0 amide bonds. The van der Waals surface area contributed by atoms with Gasteiger partial charge in [0.1, 0.15) is 0 Å². The monoisotopic (exact) mass is 663 g/mol. The second-order valence-electron chi connectivity index (χ2n) is 15.3. The van der Waals surface area contributed by atoms with E-state index in [0.717, 1.165) is 61.8 Å². The van der Waals surface area contributed by atoms with Gasteiger partial charge in [-0.15, -0.1) is 0 Å². The Bertz CT molecular complexity index is 2270. The molecule has 0 unspecified atom stereocenters. The SMILES string of the molecule is CC(C)(C)c1ccc(Nc2ccc(C(C)(C)C)cc2-c2cccc(-c3cc(-c4ccccc4)cc(-c4cc(-c5ccccc5)ccn4)c3)n2)cc1. The number of aromatic nitrogens is 2. The minimum absolute atomic E-state index is 0.0144. The van der Waals surface area contributed by atoms with Gasteiger partial charge in [-0.3, -0.25) is 4.98 Å². The Balaban J connectivity index is 1.33. The number of nitrogens with one attached hydrogen (secondary N) is 1. The van der Waals surface area contributed by atoms with E-state index in [1.807, 2.05) is 12.3 Å². The highest BCUT2D eigenvalue weighted by molar-refractivity contribution is 5.84. The molecule has 252 valence electrons. The zero-order chi connectivity index (χ0) is 35.6. The number of benzene rings is 5. The molecule has 0 radical (unpaired) electrons. The molecule has 1 N–H and O–H groups in total. The summed E-state index contributed by atoms with van der Waals surface area (Å²) >= 11 is 0. The van der Waals surface area contributed by atoms with Crippen LogP contribution in [-0.4, -0.2) is 9.97 Å². The third kappa shape index (κ3) is 7.69. The lowest BCUT2D eigenvalue weighted by molar-refractivity contribution is 0.590. The standard InChI is InChI=1S/C48H45N3/c1-47(2,3)39-20-23-41(24-21-39)50-45-25-22-40(48(4,5)6)32-42(45)44-19-13-18-43(51-44)37-28-36(34-16-11-8-12-17-34)29-38(30-37)46-31-35(26-27-49-46)33-14-9-7-10-15-33/h7-32,50H,1-6H3. The number of hydrogen-bond acceptors (Lipinski definition) is 3. The minimum Gasteiger partial charge on any atom is -0.355 e. The van der Waals surface area contributed by atoms with Gasteiger partial charge in [-0.1, -0.05) is 126 Å². The van der Waals surface area contributed by atoms with Gasteiger partial charge >= 0.3 is 0 Å². The largest absolute Gasteiger partial charge is 0.355 e. The first kappa shape index (κ1) is 33.7. The van der Waals surface area contributed by atoms with E-state index in [4.69, 9.17) is 9.97 Å². The van der Waals surface area contributed by atoms with E-state index in [1.165, 1.54) is 16.7 Å². The molecule has 0 atom stereocenters. The lowest BCUT2D eigenvalue weighted by atomic mass is 9.85. The van der Waals surface area contributed by atoms with Crippen LogP contribution in [0.1, 0.15) is 52.7 Å². The third-order valence-electron chi connectivity index (χ3n) is 9.44. The van der Waals surface area contributed by atoms with Gasteiger partial charge in [0.05, 0.1) is 17.1 Å². The topological polar surface area (TPSA) is 37.8 Å². The molecule has 0 fully saturated rings. The van der Waals surface area contributed by atoms with Gasteiger partial charge in [-0.05, 0) is 111 Å². The summed E-state index contributed by atoms with van der Waals surface area (Å²) in [5.74, 6) is 0. The smallest absolute Gasteiger partial charge is 0.0730 e. The Hall–Kier alpha value is -5.80. The molecule has 7 aromatic rings. The molecule has 0 aliphatic carbocycles. The molecule has 0 bridgehead atoms. The summed E-state index contributed by atoms with van der Waals surface area (Å²) in [6.07, 6.45) is 1.90. The zero-order valence-electron chi connectivity index (χ0n) is 30.4. The van der Waals surface area contributed by atoms with Crippen LogP contribution in [0.2, 0.25) is 0 Å². The Morgan fingerprint density at radius 2 is 0.980 bits per heavy atom. The van der Waals surface area contributed by atoms with E-state index in [-0.39, 0.29) is 10.8 Å². The molecule has 0 saturated carbocycles. The molecular formula is C48H45N3. The van der Waals surface area contributed by atoms with Gasteiger partial charge in [-0.2, -0.15) is 0 Å². The van der Waals surface area contributed by atoms with Crippen molar-refractivity contribution in [2.45, 2.75) is 52.4 Å². The molecule has 0 spiro atoms.